The van der Waals surface area contributed by atoms with E-state index in [1.807, 2.05) is 36.4 Å². The third-order valence-corrected chi connectivity index (χ3v) is 4.33. The van der Waals surface area contributed by atoms with Crippen LogP contribution in [-0.2, 0) is 29.0 Å². The molecule has 0 fully saturated rings. The predicted molar refractivity (Wildman–Crippen MR) is 91.6 cm³/mol. The predicted octanol–water partition coefficient (Wildman–Crippen LogP) is 3.88. The second-order valence-electron chi connectivity index (χ2n) is 5.92. The van der Waals surface area contributed by atoms with E-state index >= 15 is 0 Å². The van der Waals surface area contributed by atoms with E-state index < -0.39 is 5.97 Å². The second-order valence-corrected chi connectivity index (χ2v) is 6.36. The average Bonchev–Trinajstić information content (AvgIpc) is 2.58. The van der Waals surface area contributed by atoms with Crippen LogP contribution in [0.4, 0.5) is 0 Å². The Balaban J connectivity index is 1.60. The Morgan fingerprint density at radius 2 is 2.08 bits per heavy atom. The normalized spacial score (nSPS) is 16.5. The molecule has 2 aromatic rings. The highest BCUT2D eigenvalue weighted by molar-refractivity contribution is 6.30. The molecule has 1 atom stereocenters. The summed E-state index contributed by atoms with van der Waals surface area (Å²) in [6.45, 7) is 0.241. The van der Waals surface area contributed by atoms with Gasteiger partial charge >= 0.3 is 5.97 Å². The summed E-state index contributed by atoms with van der Waals surface area (Å²) in [5, 5.41) is 9.40. The first-order valence-corrected chi connectivity index (χ1v) is 8.30. The minimum absolute atomic E-state index is 0.0215. The lowest BCUT2D eigenvalue weighted by Crippen LogP contribution is -2.25. The molecule has 1 N–H and O–H groups in total. The molecule has 0 amide bonds. The number of benzene rings is 2. The average molecular weight is 347 g/mol. The van der Waals surface area contributed by atoms with Gasteiger partial charge in [0, 0.05) is 5.02 Å². The van der Waals surface area contributed by atoms with Crippen LogP contribution in [0.25, 0.3) is 0 Å². The zero-order chi connectivity index (χ0) is 16.9. The highest BCUT2D eigenvalue weighted by Crippen LogP contribution is 2.27. The lowest BCUT2D eigenvalue weighted by Gasteiger charge is -2.24. The fraction of sp³-hybridized carbons (Fsp3) is 0.316. The van der Waals surface area contributed by atoms with Gasteiger partial charge in [-0.25, -0.2) is 4.79 Å². The number of carboxylic acids is 1. The summed E-state index contributed by atoms with van der Waals surface area (Å²) in [6.07, 6.45) is 2.43. The van der Waals surface area contributed by atoms with Gasteiger partial charge in [0.2, 0.25) is 0 Å². The van der Waals surface area contributed by atoms with E-state index in [-0.39, 0.29) is 12.7 Å². The molecule has 0 aliphatic heterocycles. The van der Waals surface area contributed by atoms with Crippen molar-refractivity contribution in [3.63, 3.8) is 0 Å². The van der Waals surface area contributed by atoms with Crippen molar-refractivity contribution in [3.8, 4) is 5.75 Å². The van der Waals surface area contributed by atoms with Crippen molar-refractivity contribution in [1.82, 2.24) is 0 Å². The van der Waals surface area contributed by atoms with Crippen molar-refractivity contribution in [1.29, 1.82) is 0 Å². The summed E-state index contributed by atoms with van der Waals surface area (Å²) >= 11 is 5.98. The third-order valence-electron chi connectivity index (χ3n) is 4.10. The number of carbonyl (C=O) groups is 1. The molecule has 4 nitrogen and oxygen atoms in total. The maximum Gasteiger partial charge on any atom is 0.329 e. The van der Waals surface area contributed by atoms with Crippen LogP contribution in [0.3, 0.4) is 0 Å². The number of aliphatic carboxylic acids is 1. The second kappa shape index (κ2) is 7.69. The first-order valence-electron chi connectivity index (χ1n) is 7.92. The number of ether oxygens (including phenoxy) is 2. The number of fused-ring (bicyclic) bond motifs is 1. The van der Waals surface area contributed by atoms with E-state index in [4.69, 9.17) is 26.2 Å². The van der Waals surface area contributed by atoms with Crippen molar-refractivity contribution >= 4 is 17.6 Å². The molecule has 1 aliphatic carbocycles. The molecule has 0 saturated carbocycles. The molecule has 0 saturated heterocycles. The third kappa shape index (κ3) is 4.49. The molecule has 0 spiro atoms. The van der Waals surface area contributed by atoms with Gasteiger partial charge in [-0.15, -0.1) is 0 Å². The topological polar surface area (TPSA) is 55.8 Å². The van der Waals surface area contributed by atoms with Gasteiger partial charge in [-0.1, -0.05) is 29.8 Å². The summed E-state index contributed by atoms with van der Waals surface area (Å²) in [6, 6.07) is 13.7. The van der Waals surface area contributed by atoms with Gasteiger partial charge in [-0.3, -0.25) is 0 Å². The number of rotatable bonds is 6. The Bertz CT molecular complexity index is 729. The number of aryl methyl sites for hydroxylation is 1. The molecule has 126 valence electrons. The Morgan fingerprint density at radius 3 is 2.88 bits per heavy atom. The van der Waals surface area contributed by atoms with E-state index in [9.17, 15) is 4.79 Å². The van der Waals surface area contributed by atoms with Gasteiger partial charge in [0.05, 0.1) is 6.10 Å². The van der Waals surface area contributed by atoms with E-state index in [1.54, 1.807) is 0 Å². The van der Waals surface area contributed by atoms with Crippen LogP contribution in [0, 0.1) is 0 Å². The molecule has 3 rings (SSSR count). The lowest BCUT2D eigenvalue weighted by molar-refractivity contribution is -0.144. The molecule has 0 heterocycles. The number of hydrogen-bond acceptors (Lipinski definition) is 3. The highest BCUT2D eigenvalue weighted by Gasteiger charge is 2.20. The van der Waals surface area contributed by atoms with Crippen LogP contribution in [0.15, 0.2) is 42.5 Å². The molecule has 1 unspecified atom stereocenters. The van der Waals surface area contributed by atoms with Crippen molar-refractivity contribution in [2.45, 2.75) is 32.0 Å². The quantitative estimate of drug-likeness (QED) is 0.862. The Morgan fingerprint density at radius 1 is 1.21 bits per heavy atom. The van der Waals surface area contributed by atoms with Crippen LogP contribution in [0.1, 0.15) is 23.1 Å². The van der Waals surface area contributed by atoms with Crippen molar-refractivity contribution < 1.29 is 19.4 Å². The van der Waals surface area contributed by atoms with Gasteiger partial charge < -0.3 is 14.6 Å². The molecule has 2 aromatic carbocycles. The minimum Gasteiger partial charge on any atom is -0.489 e. The molecular weight excluding hydrogens is 328 g/mol. The van der Waals surface area contributed by atoms with E-state index in [1.165, 1.54) is 11.1 Å². The first kappa shape index (κ1) is 16.8. The summed E-state index contributed by atoms with van der Waals surface area (Å²) in [7, 11) is 0. The number of hydrogen-bond donors (Lipinski definition) is 1. The first-order chi connectivity index (χ1) is 11.6. The molecular formula is C19H19ClO4. The number of carboxylic acid groups (broad SMARTS) is 1. The minimum atomic E-state index is -0.925. The molecule has 0 radical (unpaired) electrons. The van der Waals surface area contributed by atoms with Crippen molar-refractivity contribution in [2.24, 2.45) is 0 Å². The van der Waals surface area contributed by atoms with Crippen LogP contribution in [0.5, 0.6) is 5.75 Å². The molecule has 1 aliphatic rings. The van der Waals surface area contributed by atoms with Crippen molar-refractivity contribution in [3.05, 3.63) is 64.2 Å². The fourth-order valence-electron chi connectivity index (χ4n) is 2.91. The summed E-state index contributed by atoms with van der Waals surface area (Å²) < 4.78 is 11.3. The van der Waals surface area contributed by atoms with Crippen LogP contribution in [0.2, 0.25) is 5.02 Å². The van der Waals surface area contributed by atoms with E-state index in [0.717, 1.165) is 30.6 Å². The van der Waals surface area contributed by atoms with Crippen LogP contribution >= 0.6 is 11.6 Å². The van der Waals surface area contributed by atoms with E-state index in [2.05, 4.69) is 6.07 Å². The van der Waals surface area contributed by atoms with Gasteiger partial charge in [0.25, 0.3) is 0 Å². The maximum absolute atomic E-state index is 10.6. The van der Waals surface area contributed by atoms with Gasteiger partial charge in [-0.2, -0.15) is 0 Å². The summed E-state index contributed by atoms with van der Waals surface area (Å²) in [4.78, 5) is 10.6. The smallest absolute Gasteiger partial charge is 0.329 e. The largest absolute Gasteiger partial charge is 0.489 e. The van der Waals surface area contributed by atoms with Gasteiger partial charge in [0.1, 0.15) is 19.0 Å². The molecule has 5 heteroatoms. The number of halogens is 1. The monoisotopic (exact) mass is 346 g/mol. The highest BCUT2D eigenvalue weighted by atomic mass is 35.5. The molecule has 24 heavy (non-hydrogen) atoms. The van der Waals surface area contributed by atoms with Crippen molar-refractivity contribution in [2.75, 3.05) is 6.61 Å². The Labute approximate surface area is 146 Å². The zero-order valence-corrected chi connectivity index (χ0v) is 14.0. The molecule has 0 aromatic heterocycles. The Hall–Kier alpha value is -2.04. The summed E-state index contributed by atoms with van der Waals surface area (Å²) in [5.74, 6) is -0.0933. The lowest BCUT2D eigenvalue weighted by atomic mass is 9.89. The SMILES string of the molecule is O=C(O)COC1CCc2cc(OCc3cccc(Cl)c3)ccc2C1. The van der Waals surface area contributed by atoms with Crippen LogP contribution in [-0.4, -0.2) is 23.8 Å². The van der Waals surface area contributed by atoms with Crippen LogP contribution < -0.4 is 4.74 Å². The van der Waals surface area contributed by atoms with Gasteiger partial charge in [0.15, 0.2) is 0 Å². The Kier molecular flexibility index (Phi) is 5.38. The standard InChI is InChI=1S/C19H19ClO4/c20-16-3-1-2-13(8-16)11-23-17-6-4-15-10-18(24-12-19(21)22)7-5-14(15)9-17/h1-4,6,8-9,18H,5,7,10-12H2,(H,21,22). The zero-order valence-electron chi connectivity index (χ0n) is 13.2. The van der Waals surface area contributed by atoms with Gasteiger partial charge in [-0.05, 0) is 60.2 Å². The maximum atomic E-state index is 10.6. The fourth-order valence-corrected chi connectivity index (χ4v) is 3.13. The summed E-state index contributed by atoms with van der Waals surface area (Å²) in [5.41, 5.74) is 3.47. The molecule has 0 bridgehead atoms. The van der Waals surface area contributed by atoms with E-state index in [0.29, 0.717) is 11.6 Å².